The van der Waals surface area contributed by atoms with Gasteiger partial charge >= 0.3 is 0 Å². The van der Waals surface area contributed by atoms with E-state index in [0.29, 0.717) is 18.1 Å². The average Bonchev–Trinajstić information content (AvgIpc) is 2.48. The first kappa shape index (κ1) is 20.8. The summed E-state index contributed by atoms with van der Waals surface area (Å²) in [6, 6.07) is 1.87. The van der Waals surface area contributed by atoms with Gasteiger partial charge in [0.05, 0.1) is 0 Å². The van der Waals surface area contributed by atoms with E-state index in [9.17, 15) is 0 Å². The Bertz CT molecular complexity index is 211. The van der Waals surface area contributed by atoms with Crippen LogP contribution in [-0.4, -0.2) is 51.4 Å². The maximum Gasteiger partial charge on any atom is 0.00532 e. The van der Waals surface area contributed by atoms with Gasteiger partial charge in [-0.05, 0) is 86.1 Å². The van der Waals surface area contributed by atoms with Crippen molar-refractivity contribution in [3.05, 3.63) is 0 Å². The third kappa shape index (κ3) is 14.5. The van der Waals surface area contributed by atoms with Crippen molar-refractivity contribution in [2.75, 3.05) is 33.2 Å². The largest absolute Gasteiger partial charge is 0.317 e. The van der Waals surface area contributed by atoms with Gasteiger partial charge in [-0.1, -0.05) is 6.92 Å². The van der Waals surface area contributed by atoms with E-state index >= 15 is 0 Å². The Balaban J connectivity index is 3.18. The summed E-state index contributed by atoms with van der Waals surface area (Å²) in [4.78, 5) is 0. The van der Waals surface area contributed by atoms with Crippen LogP contribution in [0.2, 0.25) is 0 Å². The van der Waals surface area contributed by atoms with Crippen LogP contribution in [-0.2, 0) is 0 Å². The SMILES string of the molecule is CCC(C)NC(C)CCNCCCCNCCC(C)NC. The second-order valence-corrected chi connectivity index (χ2v) is 6.35. The molecule has 0 radical (unpaired) electrons. The van der Waals surface area contributed by atoms with E-state index in [2.05, 4.69) is 49.0 Å². The van der Waals surface area contributed by atoms with Crippen LogP contribution in [0.5, 0.6) is 0 Å². The molecule has 0 aromatic rings. The highest BCUT2D eigenvalue weighted by Crippen LogP contribution is 1.95. The molecule has 4 heteroatoms. The minimum atomic E-state index is 0.614. The van der Waals surface area contributed by atoms with Crippen LogP contribution < -0.4 is 21.3 Å². The Labute approximate surface area is 133 Å². The van der Waals surface area contributed by atoms with Crippen molar-refractivity contribution < 1.29 is 0 Å². The van der Waals surface area contributed by atoms with Gasteiger partial charge < -0.3 is 21.3 Å². The van der Waals surface area contributed by atoms with Gasteiger partial charge in [-0.2, -0.15) is 0 Å². The molecule has 3 atom stereocenters. The molecule has 0 aromatic heterocycles. The number of hydrogen-bond donors (Lipinski definition) is 4. The Kier molecular flexibility index (Phi) is 14.7. The lowest BCUT2D eigenvalue weighted by Gasteiger charge is -2.18. The van der Waals surface area contributed by atoms with Crippen molar-refractivity contribution in [3.63, 3.8) is 0 Å². The summed E-state index contributed by atoms with van der Waals surface area (Å²) in [7, 11) is 2.02. The van der Waals surface area contributed by atoms with E-state index in [0.717, 1.165) is 26.2 Å². The highest BCUT2D eigenvalue weighted by molar-refractivity contribution is 4.67. The molecule has 0 aliphatic rings. The van der Waals surface area contributed by atoms with Gasteiger partial charge in [-0.25, -0.2) is 0 Å². The third-order valence-corrected chi connectivity index (χ3v) is 4.14. The van der Waals surface area contributed by atoms with E-state index in [1.807, 2.05) is 7.05 Å². The monoisotopic (exact) mass is 300 g/mol. The zero-order valence-electron chi connectivity index (χ0n) is 15.1. The second-order valence-electron chi connectivity index (χ2n) is 6.35. The van der Waals surface area contributed by atoms with E-state index in [1.54, 1.807) is 0 Å². The van der Waals surface area contributed by atoms with Gasteiger partial charge in [0.1, 0.15) is 0 Å². The molecule has 4 nitrogen and oxygen atoms in total. The molecule has 21 heavy (non-hydrogen) atoms. The molecule has 0 amide bonds. The molecule has 0 heterocycles. The van der Waals surface area contributed by atoms with Crippen molar-refractivity contribution >= 4 is 0 Å². The summed E-state index contributed by atoms with van der Waals surface area (Å²) in [5, 5.41) is 13.9. The lowest BCUT2D eigenvalue weighted by atomic mass is 10.2. The number of hydrogen-bond acceptors (Lipinski definition) is 4. The Morgan fingerprint density at radius 1 is 0.714 bits per heavy atom. The molecule has 4 N–H and O–H groups in total. The first-order valence-electron chi connectivity index (χ1n) is 8.94. The molecule has 0 spiro atoms. The lowest BCUT2D eigenvalue weighted by Crippen LogP contribution is -2.36. The minimum Gasteiger partial charge on any atom is -0.317 e. The van der Waals surface area contributed by atoms with Crippen LogP contribution in [0.1, 0.15) is 59.8 Å². The van der Waals surface area contributed by atoms with Crippen LogP contribution in [0.3, 0.4) is 0 Å². The van der Waals surface area contributed by atoms with E-state index in [1.165, 1.54) is 32.1 Å². The van der Waals surface area contributed by atoms with Crippen molar-refractivity contribution in [1.29, 1.82) is 0 Å². The van der Waals surface area contributed by atoms with Crippen LogP contribution in [0.25, 0.3) is 0 Å². The summed E-state index contributed by atoms with van der Waals surface area (Å²) in [5.41, 5.74) is 0. The maximum absolute atomic E-state index is 3.61. The van der Waals surface area contributed by atoms with Gasteiger partial charge in [0, 0.05) is 18.1 Å². The topological polar surface area (TPSA) is 48.1 Å². The molecule has 0 bridgehead atoms. The van der Waals surface area contributed by atoms with Crippen molar-refractivity contribution in [1.82, 2.24) is 21.3 Å². The standard InChI is InChI=1S/C17H40N4/c1-6-15(2)21-17(4)10-14-20-12-8-7-11-19-13-9-16(3)18-5/h15-21H,6-14H2,1-5H3. The average molecular weight is 301 g/mol. The van der Waals surface area contributed by atoms with E-state index in [-0.39, 0.29) is 0 Å². The Morgan fingerprint density at radius 2 is 1.24 bits per heavy atom. The Morgan fingerprint density at radius 3 is 1.71 bits per heavy atom. The highest BCUT2D eigenvalue weighted by Gasteiger charge is 2.04. The van der Waals surface area contributed by atoms with Gasteiger partial charge in [-0.3, -0.25) is 0 Å². The summed E-state index contributed by atoms with van der Waals surface area (Å²) >= 11 is 0. The zero-order chi connectivity index (χ0) is 15.9. The Hall–Kier alpha value is -0.160. The van der Waals surface area contributed by atoms with Gasteiger partial charge in [0.15, 0.2) is 0 Å². The van der Waals surface area contributed by atoms with Crippen LogP contribution in [0.15, 0.2) is 0 Å². The molecule has 0 fully saturated rings. The second kappa shape index (κ2) is 14.8. The van der Waals surface area contributed by atoms with Crippen LogP contribution in [0, 0.1) is 0 Å². The molecule has 0 aliphatic heterocycles. The molecule has 0 saturated carbocycles. The number of rotatable bonds is 15. The van der Waals surface area contributed by atoms with Crippen LogP contribution >= 0.6 is 0 Å². The summed E-state index contributed by atoms with van der Waals surface area (Å²) < 4.78 is 0. The fourth-order valence-corrected chi connectivity index (χ4v) is 2.22. The third-order valence-electron chi connectivity index (χ3n) is 4.14. The number of nitrogens with one attached hydrogen (secondary N) is 4. The molecule has 3 unspecified atom stereocenters. The van der Waals surface area contributed by atoms with Gasteiger partial charge in [-0.15, -0.1) is 0 Å². The quantitative estimate of drug-likeness (QED) is 0.350. The zero-order valence-corrected chi connectivity index (χ0v) is 15.1. The van der Waals surface area contributed by atoms with Crippen molar-refractivity contribution in [3.8, 4) is 0 Å². The van der Waals surface area contributed by atoms with Crippen LogP contribution in [0.4, 0.5) is 0 Å². The first-order valence-corrected chi connectivity index (χ1v) is 8.94. The molecule has 128 valence electrons. The molecule has 0 rings (SSSR count). The first-order chi connectivity index (χ1) is 10.1. The predicted octanol–water partition coefficient (Wildman–Crippen LogP) is 2.11. The van der Waals surface area contributed by atoms with Crippen molar-refractivity contribution in [2.45, 2.75) is 77.9 Å². The maximum atomic E-state index is 3.61. The minimum absolute atomic E-state index is 0.614. The normalized spacial score (nSPS) is 15.9. The highest BCUT2D eigenvalue weighted by atomic mass is 14.9. The lowest BCUT2D eigenvalue weighted by molar-refractivity contribution is 0.427. The molecule has 0 aromatic carbocycles. The summed E-state index contributed by atoms with van der Waals surface area (Å²) in [6.07, 6.45) is 6.15. The summed E-state index contributed by atoms with van der Waals surface area (Å²) in [5.74, 6) is 0. The van der Waals surface area contributed by atoms with Crippen molar-refractivity contribution in [2.24, 2.45) is 0 Å². The summed E-state index contributed by atoms with van der Waals surface area (Å²) in [6.45, 7) is 13.5. The molecular weight excluding hydrogens is 260 g/mol. The number of unbranched alkanes of at least 4 members (excludes halogenated alkanes) is 1. The predicted molar refractivity (Wildman–Crippen MR) is 95.1 cm³/mol. The molecule has 0 aliphatic carbocycles. The molecular formula is C17H40N4. The van der Waals surface area contributed by atoms with E-state index < -0.39 is 0 Å². The van der Waals surface area contributed by atoms with E-state index in [4.69, 9.17) is 0 Å². The van der Waals surface area contributed by atoms with Gasteiger partial charge in [0.25, 0.3) is 0 Å². The van der Waals surface area contributed by atoms with Gasteiger partial charge in [0.2, 0.25) is 0 Å². The fourth-order valence-electron chi connectivity index (χ4n) is 2.22. The smallest absolute Gasteiger partial charge is 0.00532 e. The molecule has 0 saturated heterocycles. The fraction of sp³-hybridized carbons (Fsp3) is 1.00.